The normalized spacial score (nSPS) is 20.7. The van der Waals surface area contributed by atoms with Crippen LogP contribution in [0.25, 0.3) is 10.9 Å². The molecule has 0 saturated carbocycles. The Kier molecular flexibility index (Phi) is 10.2. The standard InChI is InChI=1S/C43H48N4O6Si/c1-28-41(54(4,5)33-18-16-32(52-3)17-19-33)38(25-40(50)47(21-22-48)27-29-11-7-6-8-12-29)53-43(28)35-24-31(15-20-37(35)46(2)42(43)51)45-39(49)23-30-26-44-36-14-10-9-13-34(30)36/h6-20,24,26,28,38,41,44,48H,21-23,25,27H2,1-5H3,(H,45,49)/t28-,38+,41-,43+/m0/s1. The number of methoxy groups -OCH3 is 1. The molecule has 1 aromatic heterocycles. The van der Waals surface area contributed by atoms with E-state index in [1.54, 1.807) is 24.0 Å². The highest BCUT2D eigenvalue weighted by atomic mass is 28.3. The van der Waals surface area contributed by atoms with Crippen LogP contribution in [0.5, 0.6) is 5.75 Å². The molecule has 0 unspecified atom stereocenters. The van der Waals surface area contributed by atoms with Crippen molar-refractivity contribution < 1.29 is 29.0 Å². The molecule has 54 heavy (non-hydrogen) atoms. The van der Waals surface area contributed by atoms with Crippen molar-refractivity contribution in [1.82, 2.24) is 9.88 Å². The minimum Gasteiger partial charge on any atom is -0.497 e. The lowest BCUT2D eigenvalue weighted by atomic mass is 9.82. The Balaban J connectivity index is 1.24. The number of hydrogen-bond acceptors (Lipinski definition) is 6. The molecule has 3 N–H and O–H groups in total. The highest BCUT2D eigenvalue weighted by Gasteiger charge is 2.66. The van der Waals surface area contributed by atoms with Crippen LogP contribution in [0, 0.1) is 5.92 Å². The molecule has 7 rings (SSSR count). The van der Waals surface area contributed by atoms with E-state index in [0.29, 0.717) is 23.5 Å². The average molecular weight is 745 g/mol. The number of anilines is 2. The maximum absolute atomic E-state index is 14.6. The van der Waals surface area contributed by atoms with Gasteiger partial charge in [0.1, 0.15) is 5.75 Å². The summed E-state index contributed by atoms with van der Waals surface area (Å²) in [5.74, 6) is -0.0902. The first-order valence-corrected chi connectivity index (χ1v) is 21.6. The number of ether oxygens (including phenoxy) is 2. The second-order valence-corrected chi connectivity index (χ2v) is 19.8. The van der Waals surface area contributed by atoms with Gasteiger partial charge in [-0.3, -0.25) is 14.4 Å². The van der Waals surface area contributed by atoms with Crippen molar-refractivity contribution in [1.29, 1.82) is 0 Å². The molecule has 4 atom stereocenters. The Morgan fingerprint density at radius 2 is 1.74 bits per heavy atom. The van der Waals surface area contributed by atoms with E-state index >= 15 is 0 Å². The molecule has 3 heterocycles. The van der Waals surface area contributed by atoms with E-state index in [9.17, 15) is 19.5 Å². The zero-order valence-electron chi connectivity index (χ0n) is 31.5. The molecule has 4 aromatic carbocycles. The number of benzene rings is 4. The third kappa shape index (κ3) is 6.61. The van der Waals surface area contributed by atoms with Crippen LogP contribution in [0.2, 0.25) is 18.6 Å². The SMILES string of the molecule is COc1ccc([Si](C)(C)[C@@H]2[C@@H](CC(=O)N(CCO)Cc3ccccc3)O[C@]3(C(=O)N(C)c4ccc(NC(=O)Cc5c[nH]c6ccccc56)cc43)[C@H]2C)cc1. The van der Waals surface area contributed by atoms with Crippen LogP contribution in [0.3, 0.4) is 0 Å². The Bertz CT molecular complexity index is 2170. The molecule has 0 radical (unpaired) electrons. The van der Waals surface area contributed by atoms with Crippen molar-refractivity contribution >= 4 is 53.3 Å². The first-order valence-electron chi connectivity index (χ1n) is 18.5. The molecular formula is C43H48N4O6Si. The number of H-pyrrole nitrogens is 1. The van der Waals surface area contributed by atoms with E-state index in [1.165, 1.54) is 0 Å². The smallest absolute Gasteiger partial charge is 0.264 e. The molecule has 1 fully saturated rings. The summed E-state index contributed by atoms with van der Waals surface area (Å²) in [5, 5.41) is 15.2. The molecule has 1 spiro atoms. The van der Waals surface area contributed by atoms with Gasteiger partial charge in [0.15, 0.2) is 5.60 Å². The van der Waals surface area contributed by atoms with Gasteiger partial charge in [-0.25, -0.2) is 0 Å². The summed E-state index contributed by atoms with van der Waals surface area (Å²) in [6.45, 7) is 6.98. The number of aromatic amines is 1. The first-order chi connectivity index (χ1) is 26.0. The predicted molar refractivity (Wildman–Crippen MR) is 214 cm³/mol. The number of carbonyl (C=O) groups excluding carboxylic acids is 3. The van der Waals surface area contributed by atoms with Gasteiger partial charge < -0.3 is 34.7 Å². The van der Waals surface area contributed by atoms with Crippen molar-refractivity contribution in [3.8, 4) is 5.75 Å². The Labute approximate surface area is 317 Å². The maximum atomic E-state index is 14.6. The van der Waals surface area contributed by atoms with Gasteiger partial charge in [-0.1, -0.05) is 85.9 Å². The zero-order valence-corrected chi connectivity index (χ0v) is 32.5. The lowest BCUT2D eigenvalue weighted by Crippen LogP contribution is -2.52. The third-order valence-electron chi connectivity index (χ3n) is 11.6. The fourth-order valence-electron chi connectivity index (χ4n) is 8.87. The molecule has 10 nitrogen and oxygen atoms in total. The van der Waals surface area contributed by atoms with Crippen LogP contribution in [0.4, 0.5) is 11.4 Å². The van der Waals surface area contributed by atoms with Gasteiger partial charge in [0.25, 0.3) is 5.91 Å². The fraction of sp³-hybridized carbons (Fsp3) is 0.326. The zero-order chi connectivity index (χ0) is 38.2. The highest BCUT2D eigenvalue weighted by molar-refractivity contribution is 6.91. The van der Waals surface area contributed by atoms with E-state index in [2.05, 4.69) is 42.5 Å². The molecule has 1 saturated heterocycles. The molecule has 2 aliphatic rings. The summed E-state index contributed by atoms with van der Waals surface area (Å²) in [4.78, 5) is 48.9. The molecule has 280 valence electrons. The number of aliphatic hydroxyl groups excluding tert-OH is 1. The minimum atomic E-state index is -2.51. The van der Waals surface area contributed by atoms with Crippen LogP contribution < -0.4 is 20.1 Å². The van der Waals surface area contributed by atoms with Gasteiger partial charge in [-0.15, -0.1) is 0 Å². The van der Waals surface area contributed by atoms with Gasteiger partial charge in [-0.2, -0.15) is 0 Å². The number of amides is 3. The Hall–Kier alpha value is -5.23. The van der Waals surface area contributed by atoms with Crippen LogP contribution >= 0.6 is 0 Å². The Morgan fingerprint density at radius 3 is 2.46 bits per heavy atom. The Morgan fingerprint density at radius 1 is 1.02 bits per heavy atom. The molecule has 3 amide bonds. The van der Waals surface area contributed by atoms with Crippen LogP contribution in [0.1, 0.15) is 30.0 Å². The number of likely N-dealkylation sites (N-methyl/N-ethyl adjacent to an activating group) is 1. The molecule has 2 aliphatic heterocycles. The number of aromatic nitrogens is 1. The number of nitrogens with one attached hydrogen (secondary N) is 2. The van der Waals surface area contributed by atoms with Crippen molar-refractivity contribution in [2.24, 2.45) is 5.92 Å². The van der Waals surface area contributed by atoms with Crippen molar-refractivity contribution in [2.45, 2.75) is 56.7 Å². The van der Waals surface area contributed by atoms with Crippen molar-refractivity contribution in [3.05, 3.63) is 120 Å². The summed E-state index contributed by atoms with van der Waals surface area (Å²) < 4.78 is 12.6. The highest BCUT2D eigenvalue weighted by Crippen LogP contribution is 2.60. The van der Waals surface area contributed by atoms with E-state index in [4.69, 9.17) is 9.47 Å². The quantitative estimate of drug-likeness (QED) is 0.136. The summed E-state index contributed by atoms with van der Waals surface area (Å²) in [6, 6.07) is 31.2. The van der Waals surface area contributed by atoms with Gasteiger partial charge in [0.2, 0.25) is 11.8 Å². The number of nitrogens with zero attached hydrogens (tertiary/aromatic N) is 2. The third-order valence-corrected chi connectivity index (χ3v) is 15.9. The van der Waals surface area contributed by atoms with Crippen LogP contribution in [-0.2, 0) is 37.7 Å². The second-order valence-electron chi connectivity index (χ2n) is 15.1. The molecule has 0 bridgehead atoms. The average Bonchev–Trinajstić information content (AvgIpc) is 3.78. The number of fused-ring (bicyclic) bond motifs is 3. The van der Waals surface area contributed by atoms with Gasteiger partial charge in [-0.05, 0) is 53.1 Å². The number of para-hydroxylation sites is 1. The second kappa shape index (κ2) is 14.9. The topological polar surface area (TPSA) is 124 Å². The van der Waals surface area contributed by atoms with Crippen LogP contribution in [0.15, 0.2) is 103 Å². The number of rotatable bonds is 12. The van der Waals surface area contributed by atoms with E-state index in [-0.39, 0.29) is 55.2 Å². The van der Waals surface area contributed by atoms with Gasteiger partial charge >= 0.3 is 0 Å². The number of carbonyl (C=O) groups is 3. The molecular weight excluding hydrogens is 697 g/mol. The van der Waals surface area contributed by atoms with Crippen molar-refractivity contribution in [3.63, 3.8) is 0 Å². The summed E-state index contributed by atoms with van der Waals surface area (Å²) in [6.07, 6.45) is 1.49. The summed E-state index contributed by atoms with van der Waals surface area (Å²) in [7, 11) is 0.883. The number of aliphatic hydroxyl groups is 1. The van der Waals surface area contributed by atoms with Crippen molar-refractivity contribution in [2.75, 3.05) is 37.5 Å². The summed E-state index contributed by atoms with van der Waals surface area (Å²) >= 11 is 0. The van der Waals surface area contributed by atoms with Gasteiger partial charge in [0, 0.05) is 54.4 Å². The minimum absolute atomic E-state index is 0.0452. The molecule has 0 aliphatic carbocycles. The lowest BCUT2D eigenvalue weighted by Gasteiger charge is -2.37. The van der Waals surface area contributed by atoms with E-state index in [0.717, 1.165) is 33.0 Å². The van der Waals surface area contributed by atoms with Gasteiger partial charge in [0.05, 0.1) is 46.4 Å². The maximum Gasteiger partial charge on any atom is 0.264 e. The first kappa shape index (κ1) is 37.1. The fourth-order valence-corrected chi connectivity index (χ4v) is 12.9. The van der Waals surface area contributed by atoms with E-state index in [1.807, 2.05) is 91.1 Å². The molecule has 11 heteroatoms. The largest absolute Gasteiger partial charge is 0.497 e. The van der Waals surface area contributed by atoms with Crippen LogP contribution in [-0.4, -0.2) is 74.2 Å². The predicted octanol–water partition coefficient (Wildman–Crippen LogP) is 5.96. The monoisotopic (exact) mass is 744 g/mol. The lowest BCUT2D eigenvalue weighted by molar-refractivity contribution is -0.149. The summed E-state index contributed by atoms with van der Waals surface area (Å²) in [5.41, 5.74) is 3.24. The van der Waals surface area contributed by atoms with E-state index < -0.39 is 19.8 Å². The molecule has 5 aromatic rings. The number of hydrogen-bond donors (Lipinski definition) is 3.